The minimum absolute atomic E-state index is 0.732. The molecular formula is C15H30N2. The molecule has 17 heavy (non-hydrogen) atoms. The molecule has 0 spiro atoms. The number of hydrogen-bond acceptors (Lipinski definition) is 2. The second kappa shape index (κ2) is 6.19. The summed E-state index contributed by atoms with van der Waals surface area (Å²) in [5, 5.41) is 0. The summed E-state index contributed by atoms with van der Waals surface area (Å²) in [6.45, 7) is 7.26. The van der Waals surface area contributed by atoms with Crippen LogP contribution in [-0.2, 0) is 0 Å². The Morgan fingerprint density at radius 3 is 1.94 bits per heavy atom. The van der Waals surface area contributed by atoms with Gasteiger partial charge in [0.15, 0.2) is 0 Å². The van der Waals surface area contributed by atoms with Crippen LogP contribution in [0.25, 0.3) is 0 Å². The first-order chi connectivity index (χ1) is 8.18. The molecular weight excluding hydrogens is 208 g/mol. The zero-order valence-electron chi connectivity index (χ0n) is 12.0. The molecule has 0 aromatic heterocycles. The molecule has 0 amide bonds. The second-order valence-electron chi connectivity index (χ2n) is 6.32. The van der Waals surface area contributed by atoms with Gasteiger partial charge in [0.05, 0.1) is 0 Å². The van der Waals surface area contributed by atoms with Gasteiger partial charge < -0.3 is 9.80 Å². The van der Waals surface area contributed by atoms with Gasteiger partial charge in [-0.15, -0.1) is 0 Å². The first kappa shape index (κ1) is 13.4. The van der Waals surface area contributed by atoms with E-state index in [-0.39, 0.29) is 0 Å². The summed E-state index contributed by atoms with van der Waals surface area (Å²) in [6.07, 6.45) is 10.0. The SMILES string of the molecule is CC(C)N1CCC(N(C)C2CCCCC2)CC1. The zero-order chi connectivity index (χ0) is 12.3. The average molecular weight is 238 g/mol. The van der Waals surface area contributed by atoms with Crippen LogP contribution in [0.4, 0.5) is 0 Å². The minimum atomic E-state index is 0.732. The fourth-order valence-electron chi connectivity index (χ4n) is 3.60. The van der Waals surface area contributed by atoms with Crippen molar-refractivity contribution in [2.75, 3.05) is 20.1 Å². The fourth-order valence-corrected chi connectivity index (χ4v) is 3.60. The molecule has 1 aliphatic carbocycles. The second-order valence-corrected chi connectivity index (χ2v) is 6.32. The van der Waals surface area contributed by atoms with Gasteiger partial charge in [-0.1, -0.05) is 19.3 Å². The van der Waals surface area contributed by atoms with E-state index in [1.54, 1.807) is 0 Å². The molecule has 0 radical (unpaired) electrons. The minimum Gasteiger partial charge on any atom is -0.301 e. The molecule has 0 aromatic carbocycles. The lowest BCUT2D eigenvalue weighted by Gasteiger charge is -2.42. The van der Waals surface area contributed by atoms with Crippen LogP contribution in [0.15, 0.2) is 0 Å². The van der Waals surface area contributed by atoms with Crippen LogP contribution in [0, 0.1) is 0 Å². The lowest BCUT2D eigenvalue weighted by molar-refractivity contribution is 0.0693. The largest absolute Gasteiger partial charge is 0.301 e. The first-order valence-electron chi connectivity index (χ1n) is 7.64. The highest BCUT2D eigenvalue weighted by atomic mass is 15.2. The van der Waals surface area contributed by atoms with Gasteiger partial charge in [-0.25, -0.2) is 0 Å². The van der Waals surface area contributed by atoms with Crippen LogP contribution < -0.4 is 0 Å². The number of likely N-dealkylation sites (tertiary alicyclic amines) is 1. The molecule has 1 saturated carbocycles. The molecule has 2 nitrogen and oxygen atoms in total. The van der Waals surface area contributed by atoms with E-state index in [2.05, 4.69) is 30.7 Å². The van der Waals surface area contributed by atoms with E-state index in [9.17, 15) is 0 Å². The molecule has 2 aliphatic rings. The molecule has 2 heteroatoms. The van der Waals surface area contributed by atoms with Crippen molar-refractivity contribution in [2.24, 2.45) is 0 Å². The Morgan fingerprint density at radius 2 is 1.41 bits per heavy atom. The van der Waals surface area contributed by atoms with Crippen molar-refractivity contribution in [1.29, 1.82) is 0 Å². The summed E-state index contributed by atoms with van der Waals surface area (Å²) in [5.74, 6) is 0. The molecule has 0 aromatic rings. The van der Waals surface area contributed by atoms with Gasteiger partial charge in [0, 0.05) is 18.1 Å². The van der Waals surface area contributed by atoms with Gasteiger partial charge in [-0.2, -0.15) is 0 Å². The smallest absolute Gasteiger partial charge is 0.0119 e. The molecule has 0 atom stereocenters. The number of rotatable bonds is 3. The Morgan fingerprint density at radius 1 is 0.882 bits per heavy atom. The maximum Gasteiger partial charge on any atom is 0.0119 e. The summed E-state index contributed by atoms with van der Waals surface area (Å²) in [7, 11) is 2.38. The monoisotopic (exact) mass is 238 g/mol. The van der Waals surface area contributed by atoms with Crippen LogP contribution in [-0.4, -0.2) is 48.1 Å². The average Bonchev–Trinajstić information content (AvgIpc) is 2.39. The third-order valence-corrected chi connectivity index (χ3v) is 4.96. The zero-order valence-corrected chi connectivity index (χ0v) is 12.0. The van der Waals surface area contributed by atoms with Crippen molar-refractivity contribution >= 4 is 0 Å². The predicted molar refractivity (Wildman–Crippen MR) is 74.4 cm³/mol. The summed E-state index contributed by atoms with van der Waals surface area (Å²) in [5.41, 5.74) is 0. The molecule has 0 unspecified atom stereocenters. The Labute approximate surface area is 107 Å². The molecule has 1 aliphatic heterocycles. The highest BCUT2D eigenvalue weighted by molar-refractivity contribution is 4.84. The van der Waals surface area contributed by atoms with E-state index < -0.39 is 0 Å². The van der Waals surface area contributed by atoms with E-state index in [0.717, 1.165) is 18.1 Å². The molecule has 0 N–H and O–H groups in total. The number of piperidine rings is 1. The number of hydrogen-bond donors (Lipinski definition) is 0. The van der Waals surface area contributed by atoms with E-state index in [1.807, 2.05) is 0 Å². The maximum atomic E-state index is 2.72. The van der Waals surface area contributed by atoms with Crippen molar-refractivity contribution in [3.05, 3.63) is 0 Å². The third-order valence-electron chi connectivity index (χ3n) is 4.96. The van der Waals surface area contributed by atoms with Crippen molar-refractivity contribution in [3.63, 3.8) is 0 Å². The predicted octanol–water partition coefficient (Wildman–Crippen LogP) is 3.12. The van der Waals surface area contributed by atoms with Crippen LogP contribution in [0.1, 0.15) is 58.8 Å². The van der Waals surface area contributed by atoms with Gasteiger partial charge in [0.25, 0.3) is 0 Å². The normalized spacial score (nSPS) is 25.9. The van der Waals surface area contributed by atoms with E-state index >= 15 is 0 Å². The van der Waals surface area contributed by atoms with Gasteiger partial charge in [0.2, 0.25) is 0 Å². The van der Waals surface area contributed by atoms with Crippen molar-refractivity contribution in [3.8, 4) is 0 Å². The van der Waals surface area contributed by atoms with Crippen molar-refractivity contribution in [1.82, 2.24) is 9.80 Å². The van der Waals surface area contributed by atoms with Crippen molar-refractivity contribution < 1.29 is 0 Å². The Bertz CT molecular complexity index is 213. The molecule has 100 valence electrons. The molecule has 0 bridgehead atoms. The third kappa shape index (κ3) is 3.45. The summed E-state index contributed by atoms with van der Waals surface area (Å²) in [4.78, 5) is 5.35. The van der Waals surface area contributed by atoms with Gasteiger partial charge in [-0.05, 0) is 59.7 Å². The van der Waals surface area contributed by atoms with Crippen LogP contribution in [0.2, 0.25) is 0 Å². The van der Waals surface area contributed by atoms with E-state index in [0.29, 0.717) is 0 Å². The fraction of sp³-hybridized carbons (Fsp3) is 1.00. The van der Waals surface area contributed by atoms with Gasteiger partial charge in [0.1, 0.15) is 0 Å². The highest BCUT2D eigenvalue weighted by Crippen LogP contribution is 2.26. The van der Waals surface area contributed by atoms with E-state index in [4.69, 9.17) is 0 Å². The Kier molecular flexibility index (Phi) is 4.87. The lowest BCUT2D eigenvalue weighted by atomic mass is 9.91. The summed E-state index contributed by atoms with van der Waals surface area (Å²) in [6, 6.07) is 2.48. The maximum absolute atomic E-state index is 2.72. The Balaban J connectivity index is 1.79. The van der Waals surface area contributed by atoms with Crippen LogP contribution in [0.5, 0.6) is 0 Å². The van der Waals surface area contributed by atoms with Gasteiger partial charge in [-0.3, -0.25) is 0 Å². The first-order valence-corrected chi connectivity index (χ1v) is 7.64. The van der Waals surface area contributed by atoms with E-state index in [1.165, 1.54) is 58.0 Å². The van der Waals surface area contributed by atoms with Crippen molar-refractivity contribution in [2.45, 2.75) is 76.9 Å². The van der Waals surface area contributed by atoms with Crippen LogP contribution in [0.3, 0.4) is 0 Å². The Hall–Kier alpha value is -0.0800. The molecule has 1 heterocycles. The summed E-state index contributed by atoms with van der Waals surface area (Å²) >= 11 is 0. The molecule has 2 fully saturated rings. The topological polar surface area (TPSA) is 6.48 Å². The molecule has 2 rings (SSSR count). The standard InChI is InChI=1S/C15H30N2/c1-13(2)17-11-9-15(10-12-17)16(3)14-7-5-4-6-8-14/h13-15H,4-12H2,1-3H3. The highest BCUT2D eigenvalue weighted by Gasteiger charge is 2.28. The number of nitrogens with zero attached hydrogens (tertiary/aromatic N) is 2. The quantitative estimate of drug-likeness (QED) is 0.745. The molecule has 1 saturated heterocycles. The van der Waals surface area contributed by atoms with Crippen LogP contribution >= 0.6 is 0 Å². The van der Waals surface area contributed by atoms with Gasteiger partial charge >= 0.3 is 0 Å². The lowest BCUT2D eigenvalue weighted by Crippen LogP contribution is -2.49. The summed E-state index contributed by atoms with van der Waals surface area (Å²) < 4.78 is 0.